The summed E-state index contributed by atoms with van der Waals surface area (Å²) in [5.74, 6) is 0.929. The van der Waals surface area contributed by atoms with Crippen molar-refractivity contribution in [3.8, 4) is 17.1 Å². The highest BCUT2D eigenvalue weighted by atomic mass is 19.1. The van der Waals surface area contributed by atoms with Gasteiger partial charge in [-0.3, -0.25) is 0 Å². The maximum absolute atomic E-state index is 13.4. The smallest absolute Gasteiger partial charge is 0.144 e. The summed E-state index contributed by atoms with van der Waals surface area (Å²) in [6.07, 6.45) is 0. The number of hydrogen-bond donors (Lipinski definition) is 1. The van der Waals surface area contributed by atoms with E-state index in [0.29, 0.717) is 23.7 Å². The van der Waals surface area contributed by atoms with Crippen molar-refractivity contribution < 1.29 is 9.13 Å². The van der Waals surface area contributed by atoms with E-state index in [1.165, 1.54) is 12.1 Å². The molecule has 1 heterocycles. The minimum Gasteiger partial charge on any atom is -0.496 e. The van der Waals surface area contributed by atoms with Gasteiger partial charge in [0.15, 0.2) is 0 Å². The summed E-state index contributed by atoms with van der Waals surface area (Å²) in [4.78, 5) is 4.44. The molecule has 0 aliphatic carbocycles. The van der Waals surface area contributed by atoms with E-state index in [1.54, 1.807) is 13.2 Å². The minimum atomic E-state index is -0.319. The monoisotopic (exact) mass is 249 g/mol. The van der Waals surface area contributed by atoms with Crippen molar-refractivity contribution in [2.45, 2.75) is 13.5 Å². The Morgan fingerprint density at radius 1 is 1.44 bits per heavy atom. The summed E-state index contributed by atoms with van der Waals surface area (Å²) in [5.41, 5.74) is 8.03. The minimum absolute atomic E-state index is 0.319. The van der Waals surface area contributed by atoms with Gasteiger partial charge in [-0.15, -0.1) is 0 Å². The SMILES string of the molecule is COc1ccc(F)cc1-c1nc(CN)c(C)n1C. The fourth-order valence-electron chi connectivity index (χ4n) is 1.93. The van der Waals surface area contributed by atoms with Crippen molar-refractivity contribution in [2.24, 2.45) is 12.8 Å². The van der Waals surface area contributed by atoms with E-state index in [2.05, 4.69) is 4.98 Å². The lowest BCUT2D eigenvalue weighted by Gasteiger charge is -2.08. The number of nitrogens with two attached hydrogens (primary N) is 1. The third-order valence-corrected chi connectivity index (χ3v) is 3.08. The molecule has 1 aromatic heterocycles. The molecule has 5 heteroatoms. The maximum atomic E-state index is 13.4. The molecule has 0 unspecified atom stereocenters. The zero-order valence-electron chi connectivity index (χ0n) is 10.7. The number of rotatable bonds is 3. The van der Waals surface area contributed by atoms with Gasteiger partial charge in [-0.25, -0.2) is 9.37 Å². The van der Waals surface area contributed by atoms with Gasteiger partial charge in [-0.1, -0.05) is 0 Å². The van der Waals surface area contributed by atoms with Crippen LogP contribution in [0.2, 0.25) is 0 Å². The van der Waals surface area contributed by atoms with E-state index in [1.807, 2.05) is 18.5 Å². The molecule has 2 aromatic rings. The van der Waals surface area contributed by atoms with Gasteiger partial charge in [0.2, 0.25) is 0 Å². The van der Waals surface area contributed by atoms with Crippen LogP contribution in [0.25, 0.3) is 11.4 Å². The average molecular weight is 249 g/mol. The third kappa shape index (κ3) is 1.97. The molecule has 18 heavy (non-hydrogen) atoms. The highest BCUT2D eigenvalue weighted by Crippen LogP contribution is 2.30. The fraction of sp³-hybridized carbons (Fsp3) is 0.308. The summed E-state index contributed by atoms with van der Waals surface area (Å²) >= 11 is 0. The van der Waals surface area contributed by atoms with Gasteiger partial charge in [-0.2, -0.15) is 0 Å². The lowest BCUT2D eigenvalue weighted by atomic mass is 10.2. The number of benzene rings is 1. The van der Waals surface area contributed by atoms with Gasteiger partial charge in [0.1, 0.15) is 17.4 Å². The first kappa shape index (κ1) is 12.6. The molecule has 0 aliphatic rings. The number of ether oxygens (including phenoxy) is 1. The van der Waals surface area contributed by atoms with Crippen LogP contribution in [-0.4, -0.2) is 16.7 Å². The van der Waals surface area contributed by atoms with Gasteiger partial charge < -0.3 is 15.0 Å². The van der Waals surface area contributed by atoms with Crippen molar-refractivity contribution in [3.05, 3.63) is 35.4 Å². The quantitative estimate of drug-likeness (QED) is 0.905. The normalized spacial score (nSPS) is 10.7. The molecule has 0 atom stereocenters. The molecule has 0 spiro atoms. The number of nitrogens with zero attached hydrogens (tertiary/aromatic N) is 2. The summed E-state index contributed by atoms with van der Waals surface area (Å²) in [6.45, 7) is 2.29. The van der Waals surface area contributed by atoms with Crippen LogP contribution < -0.4 is 10.5 Å². The molecule has 0 radical (unpaired) electrons. The van der Waals surface area contributed by atoms with Crippen molar-refractivity contribution in [3.63, 3.8) is 0 Å². The Morgan fingerprint density at radius 3 is 2.72 bits per heavy atom. The van der Waals surface area contributed by atoms with Crippen molar-refractivity contribution in [1.82, 2.24) is 9.55 Å². The molecule has 0 bridgehead atoms. The van der Waals surface area contributed by atoms with E-state index in [9.17, 15) is 4.39 Å². The Labute approximate surface area is 105 Å². The second kappa shape index (κ2) is 4.78. The topological polar surface area (TPSA) is 53.1 Å². The second-order valence-corrected chi connectivity index (χ2v) is 4.08. The predicted octanol–water partition coefficient (Wildman–Crippen LogP) is 2.00. The Balaban J connectivity index is 2.64. The summed E-state index contributed by atoms with van der Waals surface area (Å²) in [6, 6.07) is 4.37. The van der Waals surface area contributed by atoms with Crippen LogP contribution in [0.1, 0.15) is 11.4 Å². The highest BCUT2D eigenvalue weighted by molar-refractivity contribution is 5.65. The molecule has 1 aromatic carbocycles. The van der Waals surface area contributed by atoms with Crippen molar-refractivity contribution in [1.29, 1.82) is 0 Å². The third-order valence-electron chi connectivity index (χ3n) is 3.08. The predicted molar refractivity (Wildman–Crippen MR) is 67.8 cm³/mol. The standard InChI is InChI=1S/C13H16FN3O/c1-8-11(7-15)16-13(17(8)2)10-6-9(14)4-5-12(10)18-3/h4-6H,7,15H2,1-3H3. The molecular formula is C13H16FN3O. The molecular weight excluding hydrogens is 233 g/mol. The highest BCUT2D eigenvalue weighted by Gasteiger charge is 2.16. The number of methoxy groups -OCH3 is 1. The maximum Gasteiger partial charge on any atom is 0.144 e. The van der Waals surface area contributed by atoms with E-state index < -0.39 is 0 Å². The van der Waals surface area contributed by atoms with Crippen LogP contribution in [0.4, 0.5) is 4.39 Å². The van der Waals surface area contributed by atoms with Crippen molar-refractivity contribution >= 4 is 0 Å². The van der Waals surface area contributed by atoms with E-state index >= 15 is 0 Å². The first-order chi connectivity index (χ1) is 8.58. The van der Waals surface area contributed by atoms with Gasteiger partial charge in [0.05, 0.1) is 18.4 Å². The molecule has 0 fully saturated rings. The van der Waals surface area contributed by atoms with Crippen molar-refractivity contribution in [2.75, 3.05) is 7.11 Å². The average Bonchev–Trinajstić information content (AvgIpc) is 2.66. The van der Waals surface area contributed by atoms with Crippen LogP contribution in [0.3, 0.4) is 0 Å². The van der Waals surface area contributed by atoms with Gasteiger partial charge in [0.25, 0.3) is 0 Å². The summed E-state index contributed by atoms with van der Waals surface area (Å²) in [5, 5.41) is 0. The second-order valence-electron chi connectivity index (χ2n) is 4.08. The molecule has 0 aliphatic heterocycles. The summed E-state index contributed by atoms with van der Waals surface area (Å²) < 4.78 is 20.5. The fourth-order valence-corrected chi connectivity index (χ4v) is 1.93. The first-order valence-corrected chi connectivity index (χ1v) is 5.64. The summed E-state index contributed by atoms with van der Waals surface area (Å²) in [7, 11) is 3.43. The molecule has 0 saturated heterocycles. The first-order valence-electron chi connectivity index (χ1n) is 5.64. The molecule has 2 rings (SSSR count). The van der Waals surface area contributed by atoms with Crippen LogP contribution >= 0.6 is 0 Å². The number of aromatic nitrogens is 2. The largest absolute Gasteiger partial charge is 0.496 e. The molecule has 0 amide bonds. The van der Waals surface area contributed by atoms with Gasteiger partial charge in [-0.05, 0) is 25.1 Å². The molecule has 4 nitrogen and oxygen atoms in total. The Hall–Kier alpha value is -1.88. The lowest BCUT2D eigenvalue weighted by Crippen LogP contribution is -2.00. The Kier molecular flexibility index (Phi) is 3.34. The van der Waals surface area contributed by atoms with Crippen LogP contribution in [0.15, 0.2) is 18.2 Å². The van der Waals surface area contributed by atoms with E-state index in [-0.39, 0.29) is 5.82 Å². The van der Waals surface area contributed by atoms with Crippen LogP contribution in [-0.2, 0) is 13.6 Å². The zero-order chi connectivity index (χ0) is 13.3. The van der Waals surface area contributed by atoms with E-state index in [0.717, 1.165) is 11.4 Å². The van der Waals surface area contributed by atoms with Crippen LogP contribution in [0, 0.1) is 12.7 Å². The Bertz CT molecular complexity index is 578. The van der Waals surface area contributed by atoms with Gasteiger partial charge >= 0.3 is 0 Å². The van der Waals surface area contributed by atoms with Gasteiger partial charge in [0, 0.05) is 19.3 Å². The number of hydrogen-bond acceptors (Lipinski definition) is 3. The number of halogens is 1. The Morgan fingerprint density at radius 2 is 2.17 bits per heavy atom. The molecule has 0 saturated carbocycles. The number of imidazole rings is 1. The van der Waals surface area contributed by atoms with E-state index in [4.69, 9.17) is 10.5 Å². The lowest BCUT2D eigenvalue weighted by molar-refractivity contribution is 0.415. The zero-order valence-corrected chi connectivity index (χ0v) is 10.7. The molecule has 96 valence electrons. The molecule has 2 N–H and O–H groups in total. The van der Waals surface area contributed by atoms with Crippen LogP contribution in [0.5, 0.6) is 5.75 Å².